The summed E-state index contributed by atoms with van der Waals surface area (Å²) in [4.78, 5) is 23.4. The lowest BCUT2D eigenvalue weighted by Gasteiger charge is -2.18. The molecule has 0 fully saturated rings. The summed E-state index contributed by atoms with van der Waals surface area (Å²) in [5, 5.41) is 2.63. The zero-order valence-corrected chi connectivity index (χ0v) is 11.6. The molecule has 0 aliphatic rings. The van der Waals surface area contributed by atoms with Gasteiger partial charge in [-0.05, 0) is 24.1 Å². The fraction of sp³-hybridized carbons (Fsp3) is 0.333. The second kappa shape index (κ2) is 7.31. The smallest absolute Gasteiger partial charge is 0.251 e. The highest BCUT2D eigenvalue weighted by atomic mass is 16.2. The second-order valence-electron chi connectivity index (χ2n) is 4.68. The van der Waals surface area contributed by atoms with E-state index in [1.54, 1.807) is 24.3 Å². The molecule has 0 radical (unpaired) electrons. The molecule has 5 nitrogen and oxygen atoms in total. The lowest BCUT2D eigenvalue weighted by atomic mass is 10.0. The van der Waals surface area contributed by atoms with Crippen LogP contribution in [0.1, 0.15) is 29.8 Å². The molecule has 5 N–H and O–H groups in total. The summed E-state index contributed by atoms with van der Waals surface area (Å²) in [6.45, 7) is 3.89. The van der Waals surface area contributed by atoms with Crippen molar-refractivity contribution in [1.82, 2.24) is 5.32 Å². The van der Waals surface area contributed by atoms with Crippen molar-refractivity contribution in [2.75, 3.05) is 6.54 Å². The lowest BCUT2D eigenvalue weighted by molar-refractivity contribution is -0.120. The maximum atomic E-state index is 12.1. The van der Waals surface area contributed by atoms with Gasteiger partial charge in [-0.2, -0.15) is 0 Å². The molecule has 0 bridgehead atoms. The molecular weight excluding hydrogens is 254 g/mol. The molecule has 0 saturated carbocycles. The van der Waals surface area contributed by atoms with E-state index in [0.29, 0.717) is 11.1 Å². The van der Waals surface area contributed by atoms with Crippen LogP contribution in [0.4, 0.5) is 0 Å². The van der Waals surface area contributed by atoms with E-state index in [1.165, 1.54) is 0 Å². The van der Waals surface area contributed by atoms with Crippen molar-refractivity contribution >= 4 is 11.8 Å². The van der Waals surface area contributed by atoms with Gasteiger partial charge in [0.1, 0.15) is 6.04 Å². The SMILES string of the molecule is CC(C)C(NC(=O)c1cccc(C#CCN)c1)C(N)=O. The third-order valence-corrected chi connectivity index (χ3v) is 2.72. The average Bonchev–Trinajstić information content (AvgIpc) is 2.41. The number of amides is 2. The van der Waals surface area contributed by atoms with Crippen LogP contribution in [0.5, 0.6) is 0 Å². The van der Waals surface area contributed by atoms with E-state index >= 15 is 0 Å². The molecule has 0 aromatic heterocycles. The summed E-state index contributed by atoms with van der Waals surface area (Å²) in [7, 11) is 0. The Hall–Kier alpha value is -2.32. The minimum absolute atomic E-state index is 0.0725. The standard InChI is InChI=1S/C15H19N3O2/c1-10(2)13(14(17)19)18-15(20)12-7-3-5-11(9-12)6-4-8-16/h3,5,7,9-10,13H,8,16H2,1-2H3,(H2,17,19)(H,18,20). The van der Waals surface area contributed by atoms with Crippen LogP contribution in [-0.2, 0) is 4.79 Å². The van der Waals surface area contributed by atoms with Crippen LogP contribution in [0.3, 0.4) is 0 Å². The summed E-state index contributed by atoms with van der Waals surface area (Å²) >= 11 is 0. The molecule has 1 unspecified atom stereocenters. The van der Waals surface area contributed by atoms with Crippen LogP contribution in [0.2, 0.25) is 0 Å². The fourth-order valence-electron chi connectivity index (χ4n) is 1.68. The van der Waals surface area contributed by atoms with E-state index in [2.05, 4.69) is 17.2 Å². The first-order valence-corrected chi connectivity index (χ1v) is 6.35. The van der Waals surface area contributed by atoms with Crippen molar-refractivity contribution in [2.24, 2.45) is 17.4 Å². The second-order valence-corrected chi connectivity index (χ2v) is 4.68. The first-order chi connectivity index (χ1) is 9.45. The van der Waals surface area contributed by atoms with Crippen LogP contribution in [0.25, 0.3) is 0 Å². The van der Waals surface area contributed by atoms with Gasteiger partial charge in [-0.3, -0.25) is 9.59 Å². The Morgan fingerprint density at radius 3 is 2.60 bits per heavy atom. The van der Waals surface area contributed by atoms with E-state index in [1.807, 2.05) is 13.8 Å². The zero-order valence-electron chi connectivity index (χ0n) is 11.6. The maximum absolute atomic E-state index is 12.1. The Bertz CT molecular complexity index is 556. The van der Waals surface area contributed by atoms with E-state index in [9.17, 15) is 9.59 Å². The van der Waals surface area contributed by atoms with Crippen molar-refractivity contribution in [3.63, 3.8) is 0 Å². The fourth-order valence-corrected chi connectivity index (χ4v) is 1.68. The van der Waals surface area contributed by atoms with Crippen LogP contribution in [0.15, 0.2) is 24.3 Å². The third kappa shape index (κ3) is 4.41. The largest absolute Gasteiger partial charge is 0.368 e. The quantitative estimate of drug-likeness (QED) is 0.685. The topological polar surface area (TPSA) is 98.2 Å². The molecular formula is C15H19N3O2. The normalized spacial score (nSPS) is 11.4. The predicted octanol–water partition coefficient (Wildman–Crippen LogP) is 0.237. The Labute approximate surface area is 118 Å². The lowest BCUT2D eigenvalue weighted by Crippen LogP contribution is -2.47. The molecule has 1 atom stereocenters. The van der Waals surface area contributed by atoms with Gasteiger partial charge in [0.15, 0.2) is 0 Å². The van der Waals surface area contributed by atoms with Crippen LogP contribution >= 0.6 is 0 Å². The van der Waals surface area contributed by atoms with Crippen LogP contribution < -0.4 is 16.8 Å². The Morgan fingerprint density at radius 2 is 2.05 bits per heavy atom. The molecule has 0 saturated heterocycles. The van der Waals surface area contributed by atoms with Crippen molar-refractivity contribution in [1.29, 1.82) is 0 Å². The number of nitrogens with one attached hydrogen (secondary N) is 1. The molecule has 106 valence electrons. The number of benzene rings is 1. The van der Waals surface area contributed by atoms with Gasteiger partial charge in [-0.15, -0.1) is 0 Å². The summed E-state index contributed by atoms with van der Waals surface area (Å²) in [6.07, 6.45) is 0. The number of carbonyl (C=O) groups is 2. The molecule has 2 amide bonds. The van der Waals surface area contributed by atoms with E-state index in [-0.39, 0.29) is 18.4 Å². The summed E-state index contributed by atoms with van der Waals surface area (Å²) < 4.78 is 0. The minimum atomic E-state index is -0.693. The van der Waals surface area contributed by atoms with Crippen LogP contribution in [-0.4, -0.2) is 24.4 Å². The molecule has 0 heterocycles. The van der Waals surface area contributed by atoms with Crippen LogP contribution in [0, 0.1) is 17.8 Å². The van der Waals surface area contributed by atoms with Gasteiger partial charge in [-0.1, -0.05) is 31.8 Å². The van der Waals surface area contributed by atoms with Gasteiger partial charge in [0.2, 0.25) is 5.91 Å². The van der Waals surface area contributed by atoms with Crippen molar-refractivity contribution in [3.8, 4) is 11.8 Å². The zero-order chi connectivity index (χ0) is 15.1. The minimum Gasteiger partial charge on any atom is -0.368 e. The van der Waals surface area contributed by atoms with Crippen molar-refractivity contribution in [3.05, 3.63) is 35.4 Å². The number of primary amides is 1. The maximum Gasteiger partial charge on any atom is 0.251 e. The monoisotopic (exact) mass is 273 g/mol. The van der Waals surface area contributed by atoms with E-state index in [0.717, 1.165) is 0 Å². The van der Waals surface area contributed by atoms with Gasteiger partial charge in [0.25, 0.3) is 5.91 Å². The molecule has 20 heavy (non-hydrogen) atoms. The highest BCUT2D eigenvalue weighted by Crippen LogP contribution is 2.07. The number of nitrogens with two attached hydrogens (primary N) is 2. The van der Waals surface area contributed by atoms with E-state index in [4.69, 9.17) is 11.5 Å². The summed E-state index contributed by atoms with van der Waals surface area (Å²) in [6, 6.07) is 6.12. The Morgan fingerprint density at radius 1 is 1.35 bits per heavy atom. The number of rotatable bonds is 4. The number of carbonyl (C=O) groups excluding carboxylic acids is 2. The Balaban J connectivity index is 2.89. The molecule has 0 spiro atoms. The van der Waals surface area contributed by atoms with Gasteiger partial charge < -0.3 is 16.8 Å². The third-order valence-electron chi connectivity index (χ3n) is 2.72. The molecule has 1 aromatic rings. The number of hydrogen-bond donors (Lipinski definition) is 3. The molecule has 1 aromatic carbocycles. The molecule has 5 heteroatoms. The summed E-state index contributed by atoms with van der Waals surface area (Å²) in [5.41, 5.74) is 11.7. The Kier molecular flexibility index (Phi) is 5.75. The highest BCUT2D eigenvalue weighted by molar-refractivity contribution is 5.97. The predicted molar refractivity (Wildman–Crippen MR) is 77.7 cm³/mol. The van der Waals surface area contributed by atoms with Gasteiger partial charge in [0, 0.05) is 11.1 Å². The average molecular weight is 273 g/mol. The summed E-state index contributed by atoms with van der Waals surface area (Å²) in [5.74, 6) is 4.60. The number of hydrogen-bond acceptors (Lipinski definition) is 3. The van der Waals surface area contributed by atoms with Gasteiger partial charge in [-0.25, -0.2) is 0 Å². The first-order valence-electron chi connectivity index (χ1n) is 6.35. The van der Waals surface area contributed by atoms with Crippen molar-refractivity contribution < 1.29 is 9.59 Å². The first kappa shape index (κ1) is 15.7. The van der Waals surface area contributed by atoms with Crippen molar-refractivity contribution in [2.45, 2.75) is 19.9 Å². The van der Waals surface area contributed by atoms with Gasteiger partial charge in [0.05, 0.1) is 6.54 Å². The molecule has 1 rings (SSSR count). The molecule has 0 aliphatic heterocycles. The van der Waals surface area contributed by atoms with E-state index < -0.39 is 11.9 Å². The molecule has 0 aliphatic carbocycles. The highest BCUT2D eigenvalue weighted by Gasteiger charge is 2.22. The van der Waals surface area contributed by atoms with Gasteiger partial charge >= 0.3 is 0 Å².